The molecule has 0 aliphatic rings. The van der Waals surface area contributed by atoms with Crippen LogP contribution in [0.2, 0.25) is 0 Å². The summed E-state index contributed by atoms with van der Waals surface area (Å²) in [6.07, 6.45) is 9.74. The van der Waals surface area contributed by atoms with Crippen LogP contribution < -0.4 is 0 Å². The standard InChI is InChI=1S/C8H11NO.C2H6.C2H2/c1-3-9-6-8-5-4-7(2)10-8;2*1-2/h4-6H,3H2,1-2H3;1-2H3;1-2H. The van der Waals surface area contributed by atoms with Gasteiger partial charge in [0.25, 0.3) is 0 Å². The van der Waals surface area contributed by atoms with E-state index in [2.05, 4.69) is 17.8 Å². The van der Waals surface area contributed by atoms with Gasteiger partial charge in [-0.1, -0.05) is 13.8 Å². The molecule has 0 spiro atoms. The largest absolute Gasteiger partial charge is 0.460 e. The fourth-order valence-electron chi connectivity index (χ4n) is 0.704. The topological polar surface area (TPSA) is 25.5 Å². The minimum Gasteiger partial charge on any atom is -0.460 e. The van der Waals surface area contributed by atoms with Crippen LogP contribution in [0.15, 0.2) is 21.5 Å². The molecule has 0 saturated heterocycles. The summed E-state index contributed by atoms with van der Waals surface area (Å²) in [5, 5.41) is 0. The summed E-state index contributed by atoms with van der Waals surface area (Å²) in [5.74, 6) is 1.76. The molecule has 0 aromatic carbocycles. The molecule has 0 bridgehead atoms. The van der Waals surface area contributed by atoms with Crippen LogP contribution in [0, 0.1) is 19.8 Å². The van der Waals surface area contributed by atoms with Crippen molar-refractivity contribution in [2.45, 2.75) is 27.7 Å². The summed E-state index contributed by atoms with van der Waals surface area (Å²) in [7, 11) is 0. The number of aliphatic imine (C=N–C) groups is 1. The first-order chi connectivity index (χ1) is 6.83. The van der Waals surface area contributed by atoms with E-state index in [9.17, 15) is 0 Å². The second-order valence-electron chi connectivity index (χ2n) is 2.08. The van der Waals surface area contributed by atoms with E-state index in [-0.39, 0.29) is 0 Å². The van der Waals surface area contributed by atoms with Crippen molar-refractivity contribution < 1.29 is 4.42 Å². The molecular weight excluding hydrogens is 174 g/mol. The fourth-order valence-corrected chi connectivity index (χ4v) is 0.704. The van der Waals surface area contributed by atoms with E-state index in [0.29, 0.717) is 0 Å². The smallest absolute Gasteiger partial charge is 0.144 e. The highest BCUT2D eigenvalue weighted by molar-refractivity contribution is 5.75. The summed E-state index contributed by atoms with van der Waals surface area (Å²) < 4.78 is 5.24. The number of hydrogen-bond donors (Lipinski definition) is 0. The molecule has 1 heterocycles. The lowest BCUT2D eigenvalue weighted by Crippen LogP contribution is -1.75. The average molecular weight is 193 g/mol. The van der Waals surface area contributed by atoms with Crippen LogP contribution in [0.4, 0.5) is 0 Å². The van der Waals surface area contributed by atoms with Crippen LogP contribution >= 0.6 is 0 Å². The Balaban J connectivity index is 0. The SMILES string of the molecule is C#C.CC.CCN=Cc1ccc(C)o1. The number of terminal acetylenes is 1. The third kappa shape index (κ3) is 7.17. The van der Waals surface area contributed by atoms with Gasteiger partial charge in [-0.3, -0.25) is 4.99 Å². The van der Waals surface area contributed by atoms with E-state index >= 15 is 0 Å². The van der Waals surface area contributed by atoms with Crippen LogP contribution in [-0.4, -0.2) is 12.8 Å². The van der Waals surface area contributed by atoms with E-state index < -0.39 is 0 Å². The van der Waals surface area contributed by atoms with Crippen molar-refractivity contribution in [1.29, 1.82) is 0 Å². The molecule has 14 heavy (non-hydrogen) atoms. The highest BCUT2D eigenvalue weighted by Gasteiger charge is 1.91. The molecule has 0 atom stereocenters. The first-order valence-corrected chi connectivity index (χ1v) is 4.72. The quantitative estimate of drug-likeness (QED) is 0.522. The zero-order valence-electron chi connectivity index (χ0n) is 9.45. The summed E-state index contributed by atoms with van der Waals surface area (Å²) in [6, 6.07) is 3.84. The number of hydrogen-bond acceptors (Lipinski definition) is 2. The molecule has 0 amide bonds. The third-order valence-electron chi connectivity index (χ3n) is 1.16. The lowest BCUT2D eigenvalue weighted by Gasteiger charge is -1.82. The maximum atomic E-state index is 5.24. The molecule has 0 unspecified atom stereocenters. The van der Waals surface area contributed by atoms with Gasteiger partial charge in [-0.25, -0.2) is 0 Å². The van der Waals surface area contributed by atoms with Crippen molar-refractivity contribution in [3.05, 3.63) is 23.7 Å². The molecule has 78 valence electrons. The predicted octanol–water partition coefficient (Wildman–Crippen LogP) is 3.30. The van der Waals surface area contributed by atoms with Gasteiger partial charge in [0, 0.05) is 6.54 Å². The van der Waals surface area contributed by atoms with Gasteiger partial charge < -0.3 is 4.42 Å². The second-order valence-corrected chi connectivity index (χ2v) is 2.08. The molecule has 0 aliphatic carbocycles. The highest BCUT2D eigenvalue weighted by atomic mass is 16.3. The van der Waals surface area contributed by atoms with E-state index in [1.807, 2.05) is 39.8 Å². The Kier molecular flexibility index (Phi) is 12.3. The molecule has 2 heteroatoms. The maximum Gasteiger partial charge on any atom is 0.144 e. The molecule has 0 fully saturated rings. The van der Waals surface area contributed by atoms with Gasteiger partial charge in [-0.15, -0.1) is 12.8 Å². The van der Waals surface area contributed by atoms with Gasteiger partial charge in [0.2, 0.25) is 0 Å². The molecule has 0 N–H and O–H groups in total. The normalized spacial score (nSPS) is 8.43. The van der Waals surface area contributed by atoms with Gasteiger partial charge in [-0.2, -0.15) is 0 Å². The number of aryl methyl sites for hydroxylation is 1. The van der Waals surface area contributed by atoms with Crippen LogP contribution in [0.5, 0.6) is 0 Å². The van der Waals surface area contributed by atoms with Gasteiger partial charge >= 0.3 is 0 Å². The van der Waals surface area contributed by atoms with E-state index in [0.717, 1.165) is 18.1 Å². The molecule has 0 saturated carbocycles. The van der Waals surface area contributed by atoms with Gasteiger partial charge in [0.1, 0.15) is 11.5 Å². The Hall–Kier alpha value is -1.49. The summed E-state index contributed by atoms with van der Waals surface area (Å²) in [6.45, 7) is 8.72. The maximum absolute atomic E-state index is 5.24. The van der Waals surface area contributed by atoms with Crippen molar-refractivity contribution in [2.24, 2.45) is 4.99 Å². The van der Waals surface area contributed by atoms with Crippen molar-refractivity contribution >= 4 is 6.21 Å². The predicted molar refractivity (Wildman–Crippen MR) is 62.8 cm³/mol. The van der Waals surface area contributed by atoms with Crippen molar-refractivity contribution in [3.63, 3.8) is 0 Å². The van der Waals surface area contributed by atoms with Gasteiger partial charge in [0.05, 0.1) is 6.21 Å². The molecule has 0 radical (unpaired) electrons. The molecular formula is C12H19NO. The molecule has 0 aliphatic heterocycles. The number of nitrogens with zero attached hydrogens (tertiary/aromatic N) is 1. The highest BCUT2D eigenvalue weighted by Crippen LogP contribution is 2.02. The van der Waals surface area contributed by atoms with E-state index in [1.54, 1.807) is 6.21 Å². The van der Waals surface area contributed by atoms with Crippen LogP contribution in [0.25, 0.3) is 0 Å². The van der Waals surface area contributed by atoms with Crippen molar-refractivity contribution in [2.75, 3.05) is 6.54 Å². The molecule has 2 nitrogen and oxygen atoms in total. The molecule has 1 aromatic rings. The monoisotopic (exact) mass is 193 g/mol. The number of furan rings is 1. The average Bonchev–Trinajstić information content (AvgIpc) is 2.67. The Morgan fingerprint density at radius 1 is 1.36 bits per heavy atom. The minimum absolute atomic E-state index is 0.805. The molecule has 1 aromatic heterocycles. The number of rotatable bonds is 2. The third-order valence-corrected chi connectivity index (χ3v) is 1.16. The van der Waals surface area contributed by atoms with Crippen LogP contribution in [0.1, 0.15) is 32.3 Å². The summed E-state index contributed by atoms with van der Waals surface area (Å²) in [5.41, 5.74) is 0. The van der Waals surface area contributed by atoms with Gasteiger partial charge in [0.15, 0.2) is 0 Å². The summed E-state index contributed by atoms with van der Waals surface area (Å²) >= 11 is 0. The van der Waals surface area contributed by atoms with Crippen molar-refractivity contribution in [1.82, 2.24) is 0 Å². The Morgan fingerprint density at radius 2 is 1.93 bits per heavy atom. The lowest BCUT2D eigenvalue weighted by atomic mass is 10.4. The zero-order chi connectivity index (χ0) is 11.4. The zero-order valence-corrected chi connectivity index (χ0v) is 9.45. The Bertz CT molecular complexity index is 258. The first kappa shape index (κ1) is 15.0. The molecule has 1 rings (SSSR count). The minimum atomic E-state index is 0.805. The summed E-state index contributed by atoms with van der Waals surface area (Å²) in [4.78, 5) is 4.04. The van der Waals surface area contributed by atoms with Gasteiger partial charge in [-0.05, 0) is 26.0 Å². The van der Waals surface area contributed by atoms with Crippen LogP contribution in [0.3, 0.4) is 0 Å². The lowest BCUT2D eigenvalue weighted by molar-refractivity contribution is 0.528. The Labute approximate surface area is 87.1 Å². The second kappa shape index (κ2) is 11.5. The van der Waals surface area contributed by atoms with E-state index in [1.165, 1.54) is 0 Å². The fraction of sp³-hybridized carbons (Fsp3) is 0.417. The van der Waals surface area contributed by atoms with Crippen LogP contribution in [-0.2, 0) is 0 Å². The Morgan fingerprint density at radius 3 is 2.29 bits per heavy atom. The first-order valence-electron chi connectivity index (χ1n) is 4.72. The van der Waals surface area contributed by atoms with Crippen molar-refractivity contribution in [3.8, 4) is 12.8 Å². The van der Waals surface area contributed by atoms with E-state index in [4.69, 9.17) is 4.42 Å².